The van der Waals surface area contributed by atoms with Crippen molar-refractivity contribution in [3.05, 3.63) is 170 Å². The molecule has 0 rings (SSSR count). The quantitative estimate of drug-likeness (QED) is 0.0264. The minimum Gasteiger partial charge on any atom is -0.462 e. The molecular formula is C91H154NO8P. The van der Waals surface area contributed by atoms with Crippen LogP contribution in [0.1, 0.15) is 361 Å². The summed E-state index contributed by atoms with van der Waals surface area (Å²) in [6.45, 7) is 3.63. The summed E-state index contributed by atoms with van der Waals surface area (Å²) in [5.74, 6) is -0.837. The topological polar surface area (TPSA) is 134 Å². The van der Waals surface area contributed by atoms with Gasteiger partial charge in [-0.2, -0.15) is 0 Å². The van der Waals surface area contributed by atoms with Gasteiger partial charge >= 0.3 is 19.8 Å². The zero-order valence-corrected chi connectivity index (χ0v) is 66.0. The monoisotopic (exact) mass is 1420 g/mol. The maximum absolute atomic E-state index is 12.8. The van der Waals surface area contributed by atoms with Gasteiger partial charge in [0, 0.05) is 19.4 Å². The highest BCUT2D eigenvalue weighted by molar-refractivity contribution is 7.47. The van der Waals surface area contributed by atoms with Crippen LogP contribution in [0.4, 0.5) is 0 Å². The van der Waals surface area contributed by atoms with Crippen molar-refractivity contribution in [2.24, 2.45) is 5.73 Å². The number of rotatable bonds is 77. The highest BCUT2D eigenvalue weighted by atomic mass is 31.2. The average Bonchev–Trinajstić information content (AvgIpc) is 1.04. The largest absolute Gasteiger partial charge is 0.472 e. The lowest BCUT2D eigenvalue weighted by Crippen LogP contribution is -2.29. The molecule has 9 nitrogen and oxygen atoms in total. The van der Waals surface area contributed by atoms with Crippen molar-refractivity contribution in [3.63, 3.8) is 0 Å². The van der Waals surface area contributed by atoms with Crippen LogP contribution in [0.5, 0.6) is 0 Å². The lowest BCUT2D eigenvalue weighted by molar-refractivity contribution is -0.161. The molecule has 0 aromatic carbocycles. The molecule has 0 saturated carbocycles. The number of carbonyl (C=O) groups is 2. The SMILES string of the molecule is CC/C=C\C/C=C\C/C=C\C/C=C\C/C=C\C/C=C\C/C=C\C/C=C\C/C=C\C/C=C\C/C=C\CCCCCCCCCC(=O)OC(COC(=O)CCCCCCCCCCCCCCCCCCCCCCCCCC/C=C\C/C=C\C/C=C\CCCCCCC)COP(=O)(O)OCCN. The number of unbranched alkanes of at least 4 members (excludes halogenated alkanes) is 36. The van der Waals surface area contributed by atoms with Gasteiger partial charge in [-0.25, -0.2) is 4.57 Å². The van der Waals surface area contributed by atoms with E-state index in [0.29, 0.717) is 6.42 Å². The van der Waals surface area contributed by atoms with Crippen molar-refractivity contribution in [2.45, 2.75) is 367 Å². The van der Waals surface area contributed by atoms with Gasteiger partial charge in [-0.15, -0.1) is 0 Å². The van der Waals surface area contributed by atoms with Crippen LogP contribution in [0.3, 0.4) is 0 Å². The van der Waals surface area contributed by atoms with E-state index in [1.165, 1.54) is 193 Å². The molecule has 0 radical (unpaired) electrons. The molecule has 0 heterocycles. The Morgan fingerprint density at radius 3 is 0.812 bits per heavy atom. The smallest absolute Gasteiger partial charge is 0.462 e. The molecule has 0 bridgehead atoms. The third-order valence-electron chi connectivity index (χ3n) is 17.6. The average molecular weight is 1420 g/mol. The van der Waals surface area contributed by atoms with E-state index in [9.17, 15) is 19.0 Å². The maximum Gasteiger partial charge on any atom is 0.472 e. The number of ether oxygens (including phenoxy) is 2. The van der Waals surface area contributed by atoms with Crippen LogP contribution < -0.4 is 5.73 Å². The van der Waals surface area contributed by atoms with Gasteiger partial charge in [0.25, 0.3) is 0 Å². The first kappa shape index (κ1) is 96.4. The number of phosphoric ester groups is 1. The summed E-state index contributed by atoms with van der Waals surface area (Å²) in [6.07, 6.45) is 125. The molecule has 10 heteroatoms. The van der Waals surface area contributed by atoms with E-state index >= 15 is 0 Å². The third-order valence-corrected chi connectivity index (χ3v) is 18.6. The molecule has 2 atom stereocenters. The molecular weight excluding hydrogens is 1270 g/mol. The van der Waals surface area contributed by atoms with Crippen molar-refractivity contribution >= 4 is 19.8 Å². The number of carbonyl (C=O) groups excluding carboxylic acids is 2. The van der Waals surface area contributed by atoms with Crippen molar-refractivity contribution in [3.8, 4) is 0 Å². The Labute approximate surface area is 622 Å². The first-order valence-corrected chi connectivity index (χ1v) is 43.1. The molecule has 0 aliphatic rings. The second-order valence-corrected chi connectivity index (χ2v) is 28.7. The summed E-state index contributed by atoms with van der Waals surface area (Å²) in [4.78, 5) is 35.5. The number of hydrogen-bond acceptors (Lipinski definition) is 8. The van der Waals surface area contributed by atoms with E-state index in [1.54, 1.807) is 0 Å². The van der Waals surface area contributed by atoms with Crippen molar-refractivity contribution < 1.29 is 37.6 Å². The predicted octanol–water partition coefficient (Wildman–Crippen LogP) is 28.4. The minimum atomic E-state index is -4.41. The second-order valence-electron chi connectivity index (χ2n) is 27.3. The standard InChI is InChI=1S/C91H154NO8P/c1-3-5-7-9-11-13-15-17-19-21-23-25-27-29-31-33-35-37-39-41-43-44-46-48-50-52-54-56-58-60-62-64-66-68-70-72-74-76-78-80-82-84-91(94)100-89(88-99-101(95,96)98-86-85-92)87-97-90(93)83-81-79-77-75-73-71-69-67-65-63-61-59-57-55-53-51-49-47-45-42-40-38-36-34-32-30-28-26-24-22-20-18-16-14-12-10-8-6-4-2/h5,7,11,13,16-19,22-25,28-31,35,37,41,43,46,48,52,54,58,60,64,66,89H,3-4,6,8-10,12,14-15,20-21,26-27,32-34,36,38-40,42,44-45,47,49-51,53,55-57,59,61-63,65,67-88,92H2,1-2H3,(H,95,96)/b7-5-,13-11-,18-16-,19-17-,24-22-,25-23-,30-28-,31-29-,37-35-,43-41-,48-46-,54-52-,60-58-,66-64-. The summed E-state index contributed by atoms with van der Waals surface area (Å²) in [7, 11) is -4.41. The van der Waals surface area contributed by atoms with Gasteiger partial charge in [0.15, 0.2) is 6.10 Å². The van der Waals surface area contributed by atoms with Gasteiger partial charge < -0.3 is 20.1 Å². The fourth-order valence-corrected chi connectivity index (χ4v) is 12.2. The molecule has 0 aromatic heterocycles. The molecule has 0 amide bonds. The Morgan fingerprint density at radius 1 is 0.307 bits per heavy atom. The zero-order chi connectivity index (χ0) is 72.9. The van der Waals surface area contributed by atoms with Crippen LogP contribution in [-0.2, 0) is 32.7 Å². The molecule has 0 aliphatic carbocycles. The molecule has 3 N–H and O–H groups in total. The minimum absolute atomic E-state index is 0.0453. The van der Waals surface area contributed by atoms with Crippen LogP contribution in [0.25, 0.3) is 0 Å². The van der Waals surface area contributed by atoms with Crippen LogP contribution >= 0.6 is 7.82 Å². The van der Waals surface area contributed by atoms with Crippen molar-refractivity contribution in [1.29, 1.82) is 0 Å². The van der Waals surface area contributed by atoms with E-state index in [2.05, 4.69) is 184 Å². The Bertz CT molecular complexity index is 2280. The van der Waals surface area contributed by atoms with Crippen LogP contribution in [0.15, 0.2) is 170 Å². The fourth-order valence-electron chi connectivity index (χ4n) is 11.5. The van der Waals surface area contributed by atoms with E-state index in [-0.39, 0.29) is 38.6 Å². The van der Waals surface area contributed by atoms with E-state index in [4.69, 9.17) is 24.3 Å². The van der Waals surface area contributed by atoms with E-state index in [1.807, 2.05) is 0 Å². The Balaban J connectivity index is 3.88. The van der Waals surface area contributed by atoms with Crippen LogP contribution in [0.2, 0.25) is 0 Å². The number of phosphoric acid groups is 1. The first-order valence-electron chi connectivity index (χ1n) is 41.6. The summed E-state index contributed by atoms with van der Waals surface area (Å²) < 4.78 is 33.3. The highest BCUT2D eigenvalue weighted by Crippen LogP contribution is 2.43. The Hall–Kier alpha value is -4.63. The maximum atomic E-state index is 12.8. The summed E-state index contributed by atoms with van der Waals surface area (Å²) in [6, 6.07) is 0. The summed E-state index contributed by atoms with van der Waals surface area (Å²) >= 11 is 0. The van der Waals surface area contributed by atoms with Crippen molar-refractivity contribution in [2.75, 3.05) is 26.4 Å². The third kappa shape index (κ3) is 84.2. The van der Waals surface area contributed by atoms with Gasteiger partial charge in [0.2, 0.25) is 0 Å². The lowest BCUT2D eigenvalue weighted by atomic mass is 10.0. The number of allylic oxidation sites excluding steroid dienone is 28. The zero-order valence-electron chi connectivity index (χ0n) is 65.1. The molecule has 0 spiro atoms. The van der Waals surface area contributed by atoms with E-state index < -0.39 is 26.5 Å². The Morgan fingerprint density at radius 2 is 0.545 bits per heavy atom. The first-order chi connectivity index (χ1) is 49.8. The molecule has 0 saturated heterocycles. The number of esters is 2. The number of nitrogens with two attached hydrogens (primary N) is 1. The molecule has 0 aliphatic heterocycles. The normalized spacial score (nSPS) is 13.7. The predicted molar refractivity (Wildman–Crippen MR) is 440 cm³/mol. The second kappa shape index (κ2) is 84.3. The van der Waals surface area contributed by atoms with Gasteiger partial charge in [-0.1, -0.05) is 383 Å². The van der Waals surface area contributed by atoms with Gasteiger partial charge in [-0.05, 0) is 135 Å². The molecule has 101 heavy (non-hydrogen) atoms. The molecule has 576 valence electrons. The molecule has 2 unspecified atom stereocenters. The lowest BCUT2D eigenvalue weighted by Gasteiger charge is -2.19. The number of hydrogen-bond donors (Lipinski definition) is 2. The fraction of sp³-hybridized carbons (Fsp3) is 0.670. The summed E-state index contributed by atoms with van der Waals surface area (Å²) in [5, 5.41) is 0. The molecule has 0 fully saturated rings. The van der Waals surface area contributed by atoms with Gasteiger partial charge in [-0.3, -0.25) is 18.6 Å². The highest BCUT2D eigenvalue weighted by Gasteiger charge is 2.26. The van der Waals surface area contributed by atoms with Crippen molar-refractivity contribution in [1.82, 2.24) is 0 Å². The summed E-state index contributed by atoms with van der Waals surface area (Å²) in [5.41, 5.74) is 5.42. The van der Waals surface area contributed by atoms with Gasteiger partial charge in [0.05, 0.1) is 13.2 Å². The van der Waals surface area contributed by atoms with Crippen LogP contribution in [0, 0.1) is 0 Å². The Kier molecular flexibility index (Phi) is 80.4. The van der Waals surface area contributed by atoms with Crippen LogP contribution in [-0.4, -0.2) is 49.3 Å². The molecule has 0 aromatic rings. The van der Waals surface area contributed by atoms with Gasteiger partial charge in [0.1, 0.15) is 6.61 Å². The van der Waals surface area contributed by atoms with E-state index in [0.717, 1.165) is 135 Å².